The van der Waals surface area contributed by atoms with Crippen molar-refractivity contribution in [3.63, 3.8) is 0 Å². The number of carbonyl (C=O) groups is 1. The molecule has 0 unspecified atom stereocenters. The van der Waals surface area contributed by atoms with Gasteiger partial charge >= 0.3 is 0 Å². The summed E-state index contributed by atoms with van der Waals surface area (Å²) >= 11 is 0. The predicted molar refractivity (Wildman–Crippen MR) is 56.1 cm³/mol. The van der Waals surface area contributed by atoms with Crippen molar-refractivity contribution >= 4 is 5.78 Å². The summed E-state index contributed by atoms with van der Waals surface area (Å²) in [5.41, 5.74) is 0. The Morgan fingerprint density at radius 2 is 2.14 bits per heavy atom. The van der Waals surface area contributed by atoms with Crippen LogP contribution < -0.4 is 0 Å². The Balaban J connectivity index is 2.32. The second-order valence-corrected chi connectivity index (χ2v) is 4.34. The normalized spacial score (nSPS) is 24.1. The molecular weight excluding hydrogens is 178 g/mol. The lowest BCUT2D eigenvalue weighted by atomic mass is 10.1. The van der Waals surface area contributed by atoms with Crippen molar-refractivity contribution in [2.45, 2.75) is 33.3 Å². The lowest BCUT2D eigenvalue weighted by Gasteiger charge is -2.33. The van der Waals surface area contributed by atoms with Gasteiger partial charge in [0.2, 0.25) is 0 Å². The van der Waals surface area contributed by atoms with Gasteiger partial charge in [-0.3, -0.25) is 9.69 Å². The molecule has 1 radical (unpaired) electrons. The maximum atomic E-state index is 10.9. The van der Waals surface area contributed by atoms with E-state index in [4.69, 9.17) is 4.74 Å². The standard InChI is InChI=1S/C11H20NO2/c1-9(2)7-12-4-5-14-11(8-12)6-10(3)13/h11H,4-8H2,1-3H3/t11-/m0/s1. The van der Waals surface area contributed by atoms with Crippen LogP contribution in [-0.4, -0.2) is 43.0 Å². The van der Waals surface area contributed by atoms with E-state index in [-0.39, 0.29) is 11.9 Å². The van der Waals surface area contributed by atoms with Crippen LogP contribution in [0.5, 0.6) is 0 Å². The second kappa shape index (κ2) is 5.47. The molecule has 0 N–H and O–H groups in total. The molecule has 0 amide bonds. The van der Waals surface area contributed by atoms with Crippen molar-refractivity contribution in [2.24, 2.45) is 0 Å². The van der Waals surface area contributed by atoms with Crippen molar-refractivity contribution in [3.8, 4) is 0 Å². The molecule has 0 saturated carbocycles. The third-order valence-corrected chi connectivity index (χ3v) is 2.28. The van der Waals surface area contributed by atoms with Crippen LogP contribution >= 0.6 is 0 Å². The van der Waals surface area contributed by atoms with Crippen LogP contribution in [0.3, 0.4) is 0 Å². The summed E-state index contributed by atoms with van der Waals surface area (Å²) in [6.45, 7) is 9.55. The van der Waals surface area contributed by atoms with Gasteiger partial charge in [-0.05, 0) is 12.8 Å². The highest BCUT2D eigenvalue weighted by molar-refractivity contribution is 5.76. The van der Waals surface area contributed by atoms with Gasteiger partial charge in [0.1, 0.15) is 5.78 Å². The average molecular weight is 198 g/mol. The van der Waals surface area contributed by atoms with Crippen molar-refractivity contribution in [1.82, 2.24) is 4.90 Å². The first-order chi connectivity index (χ1) is 6.58. The van der Waals surface area contributed by atoms with Crippen LogP contribution in [0.2, 0.25) is 0 Å². The molecule has 3 heteroatoms. The molecule has 0 aliphatic carbocycles. The molecule has 0 spiro atoms. The summed E-state index contributed by atoms with van der Waals surface area (Å²) in [6, 6.07) is 0. The highest BCUT2D eigenvalue weighted by Crippen LogP contribution is 2.11. The van der Waals surface area contributed by atoms with E-state index >= 15 is 0 Å². The fourth-order valence-corrected chi connectivity index (χ4v) is 1.82. The topological polar surface area (TPSA) is 29.5 Å². The molecule has 1 saturated heterocycles. The number of carbonyl (C=O) groups excluding carboxylic acids is 1. The molecule has 1 heterocycles. The summed E-state index contributed by atoms with van der Waals surface area (Å²) in [4.78, 5) is 13.3. The molecule has 81 valence electrons. The van der Waals surface area contributed by atoms with Gasteiger partial charge in [0.15, 0.2) is 0 Å². The fraction of sp³-hybridized carbons (Fsp3) is 0.818. The summed E-state index contributed by atoms with van der Waals surface area (Å²) in [6.07, 6.45) is 0.666. The van der Waals surface area contributed by atoms with Gasteiger partial charge in [0, 0.05) is 26.1 Å². The number of Topliss-reactive ketones (excluding diaryl/α,β-unsaturated/α-hetero) is 1. The molecule has 0 aromatic rings. The van der Waals surface area contributed by atoms with Gasteiger partial charge in [-0.1, -0.05) is 13.8 Å². The minimum Gasteiger partial charge on any atom is -0.375 e. The van der Waals surface area contributed by atoms with Gasteiger partial charge in [0.05, 0.1) is 12.7 Å². The number of morpholine rings is 1. The van der Waals surface area contributed by atoms with Crippen LogP contribution in [0.15, 0.2) is 0 Å². The van der Waals surface area contributed by atoms with Crippen LogP contribution in [0.4, 0.5) is 0 Å². The Bertz CT molecular complexity index is 192. The van der Waals surface area contributed by atoms with E-state index in [0.29, 0.717) is 6.42 Å². The van der Waals surface area contributed by atoms with Crippen molar-refractivity contribution in [1.29, 1.82) is 0 Å². The first-order valence-corrected chi connectivity index (χ1v) is 5.20. The molecule has 3 nitrogen and oxygen atoms in total. The second-order valence-electron chi connectivity index (χ2n) is 4.34. The van der Waals surface area contributed by atoms with E-state index in [9.17, 15) is 4.79 Å². The zero-order valence-electron chi connectivity index (χ0n) is 9.38. The fourth-order valence-electron chi connectivity index (χ4n) is 1.82. The quantitative estimate of drug-likeness (QED) is 0.681. The first-order valence-electron chi connectivity index (χ1n) is 5.20. The van der Waals surface area contributed by atoms with E-state index in [1.807, 2.05) is 0 Å². The number of ketones is 1. The highest BCUT2D eigenvalue weighted by atomic mass is 16.5. The third-order valence-electron chi connectivity index (χ3n) is 2.28. The number of ether oxygens (including phenoxy) is 1. The Morgan fingerprint density at radius 3 is 2.71 bits per heavy atom. The van der Waals surface area contributed by atoms with Crippen LogP contribution in [0.1, 0.15) is 27.2 Å². The Hall–Kier alpha value is -0.410. The Morgan fingerprint density at radius 1 is 1.43 bits per heavy atom. The molecular formula is C11H20NO2. The van der Waals surface area contributed by atoms with Gasteiger partial charge in [-0.25, -0.2) is 0 Å². The first kappa shape index (κ1) is 11.7. The minimum atomic E-state index is 0.112. The Labute approximate surface area is 86.4 Å². The van der Waals surface area contributed by atoms with Gasteiger partial charge in [0.25, 0.3) is 0 Å². The molecule has 1 aliphatic rings. The van der Waals surface area contributed by atoms with Gasteiger partial charge in [-0.15, -0.1) is 0 Å². The molecule has 14 heavy (non-hydrogen) atoms. The molecule has 1 aliphatic heterocycles. The largest absolute Gasteiger partial charge is 0.375 e. The monoisotopic (exact) mass is 198 g/mol. The third kappa shape index (κ3) is 4.20. The van der Waals surface area contributed by atoms with Crippen molar-refractivity contribution < 1.29 is 9.53 Å². The Kier molecular flexibility index (Phi) is 4.55. The zero-order valence-corrected chi connectivity index (χ0v) is 9.38. The van der Waals surface area contributed by atoms with E-state index in [2.05, 4.69) is 18.7 Å². The highest BCUT2D eigenvalue weighted by Gasteiger charge is 2.21. The number of hydrogen-bond donors (Lipinski definition) is 0. The smallest absolute Gasteiger partial charge is 0.132 e. The van der Waals surface area contributed by atoms with E-state index in [1.165, 1.54) is 5.92 Å². The average Bonchev–Trinajstić information content (AvgIpc) is 2.01. The predicted octanol–water partition coefficient (Wildman–Crippen LogP) is 1.28. The summed E-state index contributed by atoms with van der Waals surface area (Å²) in [5.74, 6) is 1.63. The van der Waals surface area contributed by atoms with Crippen LogP contribution in [0, 0.1) is 5.92 Å². The maximum Gasteiger partial charge on any atom is 0.132 e. The van der Waals surface area contributed by atoms with E-state index < -0.39 is 0 Å². The van der Waals surface area contributed by atoms with Crippen molar-refractivity contribution in [2.75, 3.05) is 26.2 Å². The SMILES string of the molecule is C[C](C)CN1CCO[C@@H](CC(C)=O)C1. The summed E-state index contributed by atoms with van der Waals surface area (Å²) < 4.78 is 5.53. The van der Waals surface area contributed by atoms with E-state index in [0.717, 1.165) is 26.2 Å². The lowest BCUT2D eigenvalue weighted by Crippen LogP contribution is -2.44. The number of rotatable bonds is 4. The lowest BCUT2D eigenvalue weighted by molar-refractivity contribution is -0.121. The van der Waals surface area contributed by atoms with E-state index in [1.54, 1.807) is 6.92 Å². The molecule has 1 fully saturated rings. The molecule has 0 bridgehead atoms. The number of nitrogens with zero attached hydrogens (tertiary/aromatic N) is 1. The molecule has 1 rings (SSSR count). The van der Waals surface area contributed by atoms with Gasteiger partial charge < -0.3 is 4.74 Å². The van der Waals surface area contributed by atoms with Crippen LogP contribution in [-0.2, 0) is 9.53 Å². The number of hydrogen-bond acceptors (Lipinski definition) is 3. The van der Waals surface area contributed by atoms with Crippen molar-refractivity contribution in [3.05, 3.63) is 5.92 Å². The molecule has 1 atom stereocenters. The van der Waals surface area contributed by atoms with Crippen LogP contribution in [0.25, 0.3) is 0 Å². The summed E-state index contributed by atoms with van der Waals surface area (Å²) in [7, 11) is 0. The maximum absolute atomic E-state index is 10.9. The van der Waals surface area contributed by atoms with Gasteiger partial charge in [-0.2, -0.15) is 0 Å². The zero-order chi connectivity index (χ0) is 10.6. The molecule has 0 aromatic heterocycles. The minimum absolute atomic E-state index is 0.112. The molecule has 0 aromatic carbocycles. The summed E-state index contributed by atoms with van der Waals surface area (Å²) in [5, 5.41) is 0.